The Balaban J connectivity index is 1.35. The predicted molar refractivity (Wildman–Crippen MR) is 133 cm³/mol. The molecule has 0 aliphatic heterocycles. The van der Waals surface area contributed by atoms with Crippen LogP contribution in [-0.4, -0.2) is 30.4 Å². The summed E-state index contributed by atoms with van der Waals surface area (Å²) in [6.45, 7) is -0.182. The lowest BCUT2D eigenvalue weighted by molar-refractivity contribution is -0.119. The van der Waals surface area contributed by atoms with E-state index in [1.165, 1.54) is 42.2 Å². The molecule has 2 amide bonds. The summed E-state index contributed by atoms with van der Waals surface area (Å²) in [7, 11) is 0. The van der Waals surface area contributed by atoms with Crippen LogP contribution >= 0.6 is 27.7 Å². The molecule has 0 heterocycles. The third kappa shape index (κ3) is 9.07. The summed E-state index contributed by atoms with van der Waals surface area (Å²) in [5, 5.41) is 6.58. The first kappa shape index (κ1) is 24.5. The largest absolute Gasteiger partial charge is 0.484 e. The van der Waals surface area contributed by atoms with Gasteiger partial charge < -0.3 is 10.1 Å². The van der Waals surface area contributed by atoms with E-state index in [0.29, 0.717) is 17.2 Å². The second-order valence-corrected chi connectivity index (χ2v) is 8.73. The summed E-state index contributed by atoms with van der Waals surface area (Å²) in [5.41, 5.74) is 4.90. The number of rotatable bonds is 10. The summed E-state index contributed by atoms with van der Waals surface area (Å²) in [5.74, 6) is 0.639. The van der Waals surface area contributed by atoms with Crippen molar-refractivity contribution in [3.05, 3.63) is 94.2 Å². The van der Waals surface area contributed by atoms with E-state index in [9.17, 15) is 14.0 Å². The van der Waals surface area contributed by atoms with Gasteiger partial charge in [-0.2, -0.15) is 5.10 Å². The number of thioether (sulfide) groups is 1. The highest BCUT2D eigenvalue weighted by Crippen LogP contribution is 2.17. The van der Waals surface area contributed by atoms with E-state index in [-0.39, 0.29) is 24.2 Å². The van der Waals surface area contributed by atoms with Crippen LogP contribution < -0.4 is 15.5 Å². The van der Waals surface area contributed by atoms with Crippen molar-refractivity contribution in [1.29, 1.82) is 0 Å². The van der Waals surface area contributed by atoms with E-state index in [4.69, 9.17) is 4.74 Å². The van der Waals surface area contributed by atoms with Gasteiger partial charge in [0, 0.05) is 15.9 Å². The van der Waals surface area contributed by atoms with Crippen LogP contribution in [-0.2, 0) is 15.3 Å². The molecule has 0 unspecified atom stereocenters. The van der Waals surface area contributed by atoms with Crippen LogP contribution in [0.3, 0.4) is 0 Å². The molecule has 0 aliphatic carbocycles. The molecule has 0 saturated carbocycles. The second kappa shape index (κ2) is 12.8. The van der Waals surface area contributed by atoms with Gasteiger partial charge in [-0.1, -0.05) is 28.1 Å². The lowest BCUT2D eigenvalue weighted by atomic mass is 10.2. The van der Waals surface area contributed by atoms with Crippen LogP contribution in [0.5, 0.6) is 5.75 Å². The number of carbonyl (C=O) groups excluding carboxylic acids is 2. The fraction of sp³-hybridized carbons (Fsp3) is 0.125. The van der Waals surface area contributed by atoms with E-state index < -0.39 is 0 Å². The molecule has 9 heteroatoms. The number of nitrogens with zero attached hydrogens (tertiary/aromatic N) is 1. The van der Waals surface area contributed by atoms with Crippen molar-refractivity contribution in [2.24, 2.45) is 5.10 Å². The summed E-state index contributed by atoms with van der Waals surface area (Å²) in [6.07, 6.45) is 1.53. The SMILES string of the molecule is O=C(CSCc1cccc(Br)c1)N/N=C\c1ccc(OCC(=O)Nc2ccc(F)cc2)cc1. The minimum Gasteiger partial charge on any atom is -0.484 e. The van der Waals surface area contributed by atoms with E-state index in [2.05, 4.69) is 31.8 Å². The lowest BCUT2D eigenvalue weighted by Crippen LogP contribution is -2.20. The molecule has 0 aliphatic rings. The van der Waals surface area contributed by atoms with Gasteiger partial charge in [0.25, 0.3) is 5.91 Å². The van der Waals surface area contributed by atoms with Crippen LogP contribution in [0, 0.1) is 5.82 Å². The molecule has 0 atom stereocenters. The molecule has 0 bridgehead atoms. The molecular weight excluding hydrogens is 509 g/mol. The maximum atomic E-state index is 12.9. The summed E-state index contributed by atoms with van der Waals surface area (Å²) in [4.78, 5) is 23.8. The number of benzene rings is 3. The zero-order chi connectivity index (χ0) is 23.5. The Labute approximate surface area is 203 Å². The van der Waals surface area contributed by atoms with E-state index >= 15 is 0 Å². The molecule has 3 aromatic rings. The molecule has 3 aromatic carbocycles. The van der Waals surface area contributed by atoms with E-state index in [1.54, 1.807) is 24.3 Å². The van der Waals surface area contributed by atoms with Gasteiger partial charge in [-0.15, -0.1) is 11.8 Å². The maximum Gasteiger partial charge on any atom is 0.262 e. The van der Waals surface area contributed by atoms with Crippen molar-refractivity contribution < 1.29 is 18.7 Å². The molecule has 0 spiro atoms. The third-order valence-electron chi connectivity index (χ3n) is 4.17. The lowest BCUT2D eigenvalue weighted by Gasteiger charge is -2.07. The van der Waals surface area contributed by atoms with Gasteiger partial charge in [-0.25, -0.2) is 9.82 Å². The number of hydrogen-bond donors (Lipinski definition) is 2. The normalized spacial score (nSPS) is 10.7. The van der Waals surface area contributed by atoms with E-state index in [0.717, 1.165) is 21.4 Å². The maximum absolute atomic E-state index is 12.9. The van der Waals surface area contributed by atoms with Crippen LogP contribution in [0.4, 0.5) is 10.1 Å². The summed E-state index contributed by atoms with van der Waals surface area (Å²) < 4.78 is 19.3. The van der Waals surface area contributed by atoms with Crippen molar-refractivity contribution >= 4 is 51.4 Å². The first-order chi connectivity index (χ1) is 16.0. The highest BCUT2D eigenvalue weighted by atomic mass is 79.9. The topological polar surface area (TPSA) is 79.8 Å². The Hall–Kier alpha value is -3.17. The van der Waals surface area contributed by atoms with Crippen molar-refractivity contribution in [2.75, 3.05) is 17.7 Å². The van der Waals surface area contributed by atoms with Gasteiger partial charge in [0.1, 0.15) is 11.6 Å². The molecule has 0 fully saturated rings. The first-order valence-corrected chi connectivity index (χ1v) is 11.8. The highest BCUT2D eigenvalue weighted by Gasteiger charge is 2.04. The smallest absolute Gasteiger partial charge is 0.262 e. The molecule has 0 aromatic heterocycles. The molecule has 170 valence electrons. The Morgan fingerprint density at radius 3 is 2.52 bits per heavy atom. The number of hydrogen-bond acceptors (Lipinski definition) is 5. The fourth-order valence-corrected chi connectivity index (χ4v) is 3.84. The van der Waals surface area contributed by atoms with Gasteiger partial charge in [0.05, 0.1) is 12.0 Å². The Morgan fingerprint density at radius 1 is 1.03 bits per heavy atom. The minimum absolute atomic E-state index is 0.182. The minimum atomic E-state index is -0.372. The Morgan fingerprint density at radius 2 is 1.79 bits per heavy atom. The average molecular weight is 530 g/mol. The van der Waals surface area contributed by atoms with Crippen LogP contribution in [0.15, 0.2) is 82.4 Å². The first-order valence-electron chi connectivity index (χ1n) is 9.90. The second-order valence-electron chi connectivity index (χ2n) is 6.83. The third-order valence-corrected chi connectivity index (χ3v) is 5.67. The van der Waals surface area contributed by atoms with Gasteiger partial charge in [-0.05, 0) is 71.8 Å². The number of ether oxygens (including phenoxy) is 1. The molecule has 6 nitrogen and oxygen atoms in total. The van der Waals surface area contributed by atoms with Crippen LogP contribution in [0.25, 0.3) is 0 Å². The van der Waals surface area contributed by atoms with Crippen molar-refractivity contribution in [1.82, 2.24) is 5.43 Å². The highest BCUT2D eigenvalue weighted by molar-refractivity contribution is 9.10. The molecule has 3 rings (SSSR count). The van der Waals surface area contributed by atoms with Gasteiger partial charge in [-0.3, -0.25) is 9.59 Å². The van der Waals surface area contributed by atoms with Crippen LogP contribution in [0.1, 0.15) is 11.1 Å². The number of nitrogens with one attached hydrogen (secondary N) is 2. The molecular formula is C24H21BrFN3O3S. The zero-order valence-electron chi connectivity index (χ0n) is 17.5. The zero-order valence-corrected chi connectivity index (χ0v) is 19.9. The van der Waals surface area contributed by atoms with Gasteiger partial charge >= 0.3 is 0 Å². The molecule has 0 radical (unpaired) electrons. The van der Waals surface area contributed by atoms with Crippen molar-refractivity contribution in [2.45, 2.75) is 5.75 Å². The number of anilines is 1. The summed E-state index contributed by atoms with van der Waals surface area (Å²) in [6, 6.07) is 20.3. The van der Waals surface area contributed by atoms with Gasteiger partial charge in [0.2, 0.25) is 5.91 Å². The quantitative estimate of drug-likeness (QED) is 0.286. The fourth-order valence-electron chi connectivity index (χ4n) is 2.63. The molecule has 33 heavy (non-hydrogen) atoms. The summed E-state index contributed by atoms with van der Waals surface area (Å²) >= 11 is 4.94. The molecule has 0 saturated heterocycles. The number of carbonyl (C=O) groups is 2. The van der Waals surface area contributed by atoms with E-state index in [1.807, 2.05) is 24.3 Å². The number of halogens is 2. The Kier molecular flexibility index (Phi) is 9.46. The number of hydrazone groups is 1. The standard InChI is InChI=1S/C24H21BrFN3O3S/c25-19-3-1-2-18(12-19)15-33-16-24(31)29-27-13-17-4-10-22(11-5-17)32-14-23(30)28-21-8-6-20(26)7-9-21/h1-13H,14-16H2,(H,28,30)(H,29,31)/b27-13-. The Bertz CT molecular complexity index is 1110. The average Bonchev–Trinajstić information content (AvgIpc) is 2.80. The monoisotopic (exact) mass is 529 g/mol. The van der Waals surface area contributed by atoms with Gasteiger partial charge in [0.15, 0.2) is 6.61 Å². The number of amides is 2. The van der Waals surface area contributed by atoms with Crippen molar-refractivity contribution in [3.8, 4) is 5.75 Å². The molecule has 2 N–H and O–H groups in total. The van der Waals surface area contributed by atoms with Crippen molar-refractivity contribution in [3.63, 3.8) is 0 Å². The predicted octanol–water partition coefficient (Wildman–Crippen LogP) is 4.99. The van der Waals surface area contributed by atoms with Crippen LogP contribution in [0.2, 0.25) is 0 Å².